The van der Waals surface area contributed by atoms with Crippen LogP contribution in [0.25, 0.3) is 0 Å². The van der Waals surface area contributed by atoms with Gasteiger partial charge in [0.1, 0.15) is 7.35 Å². The summed E-state index contributed by atoms with van der Waals surface area (Å²) >= 11 is 1.46. The average Bonchev–Trinajstić information content (AvgIpc) is 2.43. The molecule has 0 aromatic heterocycles. The second-order valence-electron chi connectivity index (χ2n) is 3.51. The maximum absolute atomic E-state index is 11.5. The van der Waals surface area contributed by atoms with Crippen molar-refractivity contribution in [2.24, 2.45) is 0 Å². The Kier molecular flexibility index (Phi) is 11.3. The summed E-state index contributed by atoms with van der Waals surface area (Å²) in [5, 5.41) is 0.454. The minimum atomic E-state index is -0.809. The van der Waals surface area contributed by atoms with E-state index < -0.39 is 19.2 Å². The molecule has 0 saturated heterocycles. The maximum Gasteiger partial charge on any atom is 0.334 e. The Bertz CT molecular complexity index is 340. The summed E-state index contributed by atoms with van der Waals surface area (Å²) < 4.78 is 5.38. The van der Waals surface area contributed by atoms with Gasteiger partial charge in [-0.3, -0.25) is 9.59 Å². The van der Waals surface area contributed by atoms with E-state index in [1.54, 1.807) is 12.7 Å². The van der Waals surface area contributed by atoms with Crippen molar-refractivity contribution in [1.82, 2.24) is 5.06 Å². The van der Waals surface area contributed by atoms with Crippen molar-refractivity contribution in [3.05, 3.63) is 12.4 Å². The highest BCUT2D eigenvalue weighted by Gasteiger charge is 2.17. The molecule has 0 bridgehead atoms. The molecule has 0 aromatic rings. The summed E-state index contributed by atoms with van der Waals surface area (Å²) in [4.78, 5) is 38.3. The first-order valence-corrected chi connectivity index (χ1v) is 9.16. The summed E-state index contributed by atoms with van der Waals surface area (Å²) in [5.74, 6) is 1.04. The molecular formula is C12H20NO5PS. The standard InChI is InChI=1S/C12H20NO5PS/c1-4-7-11(15)13(10-14)18-12(16)8-9-20-19(6-3)17-5-2/h6,10H,3-5,7-9H2,1-2H3. The lowest BCUT2D eigenvalue weighted by Gasteiger charge is -2.14. The highest BCUT2D eigenvalue weighted by atomic mass is 32.7. The fourth-order valence-electron chi connectivity index (χ4n) is 1.10. The van der Waals surface area contributed by atoms with Gasteiger partial charge in [-0.1, -0.05) is 13.5 Å². The Balaban J connectivity index is 4.05. The minimum Gasteiger partial charge on any atom is -0.344 e. The van der Waals surface area contributed by atoms with Crippen LogP contribution in [0.5, 0.6) is 0 Å². The summed E-state index contributed by atoms with van der Waals surface area (Å²) in [7, 11) is -0.809. The minimum absolute atomic E-state index is 0.0914. The molecular weight excluding hydrogens is 301 g/mol. The van der Waals surface area contributed by atoms with Crippen molar-refractivity contribution >= 4 is 37.0 Å². The first-order chi connectivity index (χ1) is 9.58. The molecule has 0 N–H and O–H groups in total. The van der Waals surface area contributed by atoms with Crippen LogP contribution in [0.15, 0.2) is 12.4 Å². The van der Waals surface area contributed by atoms with Gasteiger partial charge >= 0.3 is 5.97 Å². The van der Waals surface area contributed by atoms with Gasteiger partial charge in [0, 0.05) is 18.8 Å². The molecule has 20 heavy (non-hydrogen) atoms. The van der Waals surface area contributed by atoms with E-state index in [1.807, 2.05) is 6.92 Å². The summed E-state index contributed by atoms with van der Waals surface area (Å²) in [6, 6.07) is 0. The number of rotatable bonds is 10. The van der Waals surface area contributed by atoms with E-state index in [1.165, 1.54) is 11.4 Å². The van der Waals surface area contributed by atoms with Crippen LogP contribution in [0.2, 0.25) is 0 Å². The van der Waals surface area contributed by atoms with Gasteiger partial charge in [0.25, 0.3) is 12.3 Å². The summed E-state index contributed by atoms with van der Waals surface area (Å²) in [5.41, 5.74) is 0. The predicted molar refractivity (Wildman–Crippen MR) is 79.7 cm³/mol. The second kappa shape index (κ2) is 11.9. The molecule has 0 heterocycles. The fourth-order valence-corrected chi connectivity index (χ4v) is 3.75. The highest BCUT2D eigenvalue weighted by Crippen LogP contribution is 2.51. The highest BCUT2D eigenvalue weighted by molar-refractivity contribution is 8.55. The van der Waals surface area contributed by atoms with Crippen LogP contribution in [0.4, 0.5) is 0 Å². The van der Waals surface area contributed by atoms with Gasteiger partial charge in [-0.15, -0.1) is 16.4 Å². The molecule has 2 amide bonds. The molecule has 0 saturated carbocycles. The number of hydrogen-bond acceptors (Lipinski definition) is 6. The Morgan fingerprint density at radius 2 is 2.05 bits per heavy atom. The largest absolute Gasteiger partial charge is 0.344 e. The van der Waals surface area contributed by atoms with Gasteiger partial charge in [-0.05, 0) is 19.2 Å². The first-order valence-electron chi connectivity index (χ1n) is 6.24. The molecule has 0 aliphatic carbocycles. The molecule has 0 aromatic carbocycles. The maximum atomic E-state index is 11.5. The number of carbonyl (C=O) groups is 3. The quantitative estimate of drug-likeness (QED) is 0.350. The van der Waals surface area contributed by atoms with E-state index in [0.29, 0.717) is 23.8 Å². The molecule has 0 radical (unpaired) electrons. The molecule has 6 nitrogen and oxygen atoms in total. The number of hydroxylamine groups is 2. The second-order valence-corrected chi connectivity index (χ2v) is 7.22. The van der Waals surface area contributed by atoms with Gasteiger partial charge in [-0.25, -0.2) is 4.79 Å². The number of hydrogen-bond donors (Lipinski definition) is 0. The Morgan fingerprint density at radius 1 is 1.35 bits per heavy atom. The van der Waals surface area contributed by atoms with Crippen LogP contribution in [0, 0.1) is 0 Å². The van der Waals surface area contributed by atoms with E-state index in [0.717, 1.165) is 0 Å². The van der Waals surface area contributed by atoms with E-state index in [2.05, 4.69) is 6.58 Å². The van der Waals surface area contributed by atoms with Crippen molar-refractivity contribution in [3.8, 4) is 0 Å². The van der Waals surface area contributed by atoms with Crippen molar-refractivity contribution in [1.29, 1.82) is 0 Å². The monoisotopic (exact) mass is 321 g/mol. The lowest BCUT2D eigenvalue weighted by Crippen LogP contribution is -2.32. The molecule has 0 rings (SSSR count). The third-order valence-electron chi connectivity index (χ3n) is 1.94. The third-order valence-corrected chi connectivity index (χ3v) is 5.46. The Hall–Kier alpha value is -0.910. The van der Waals surface area contributed by atoms with Crippen LogP contribution < -0.4 is 0 Å². The zero-order valence-corrected chi connectivity index (χ0v) is 13.5. The smallest absolute Gasteiger partial charge is 0.334 e. The molecule has 0 aliphatic heterocycles. The zero-order chi connectivity index (χ0) is 15.4. The average molecular weight is 321 g/mol. The van der Waals surface area contributed by atoms with Crippen LogP contribution in [-0.4, -0.2) is 35.7 Å². The molecule has 8 heteroatoms. The summed E-state index contributed by atoms with van der Waals surface area (Å²) in [6.07, 6.45) is 1.04. The molecule has 1 atom stereocenters. The van der Waals surface area contributed by atoms with E-state index in [9.17, 15) is 14.4 Å². The van der Waals surface area contributed by atoms with Crippen molar-refractivity contribution in [2.45, 2.75) is 33.1 Å². The molecule has 0 aliphatic rings. The van der Waals surface area contributed by atoms with Crippen molar-refractivity contribution in [2.75, 3.05) is 12.4 Å². The zero-order valence-electron chi connectivity index (χ0n) is 11.7. The number of nitrogens with zero attached hydrogens (tertiary/aromatic N) is 1. The van der Waals surface area contributed by atoms with Gasteiger partial charge in [0.05, 0.1) is 6.42 Å². The number of carbonyl (C=O) groups excluding carboxylic acids is 3. The lowest BCUT2D eigenvalue weighted by atomic mass is 10.3. The predicted octanol–water partition coefficient (Wildman–Crippen LogP) is 2.84. The van der Waals surface area contributed by atoms with Crippen LogP contribution >= 0.6 is 18.7 Å². The van der Waals surface area contributed by atoms with E-state index in [-0.39, 0.29) is 19.3 Å². The van der Waals surface area contributed by atoms with Crippen molar-refractivity contribution in [3.63, 3.8) is 0 Å². The third kappa shape index (κ3) is 8.30. The van der Waals surface area contributed by atoms with Crippen molar-refractivity contribution < 1.29 is 23.7 Å². The van der Waals surface area contributed by atoms with Crippen LogP contribution in [0.3, 0.4) is 0 Å². The van der Waals surface area contributed by atoms with Crippen LogP contribution in [-0.2, 0) is 23.7 Å². The number of imide groups is 1. The molecule has 114 valence electrons. The molecule has 0 spiro atoms. The van der Waals surface area contributed by atoms with Gasteiger partial charge < -0.3 is 9.36 Å². The topological polar surface area (TPSA) is 72.9 Å². The van der Waals surface area contributed by atoms with Gasteiger partial charge in [0.15, 0.2) is 0 Å². The van der Waals surface area contributed by atoms with Gasteiger partial charge in [0.2, 0.25) is 0 Å². The fraction of sp³-hybridized carbons (Fsp3) is 0.583. The van der Waals surface area contributed by atoms with E-state index in [4.69, 9.17) is 9.36 Å². The SMILES string of the molecule is C=CP(OCC)SCCC(=O)ON(C=O)C(=O)CCC. The van der Waals surface area contributed by atoms with Crippen LogP contribution in [0.1, 0.15) is 33.1 Å². The lowest BCUT2D eigenvalue weighted by molar-refractivity contribution is -0.196. The Labute approximate surface area is 124 Å². The van der Waals surface area contributed by atoms with E-state index >= 15 is 0 Å². The normalized spacial score (nSPS) is 11.5. The van der Waals surface area contributed by atoms with Gasteiger partial charge in [-0.2, -0.15) is 0 Å². The first kappa shape index (κ1) is 19.1. The Morgan fingerprint density at radius 3 is 2.55 bits per heavy atom. The molecule has 0 fully saturated rings. The summed E-state index contributed by atoms with van der Waals surface area (Å²) in [6.45, 7) is 7.91. The number of amides is 2. The molecule has 1 unspecified atom stereocenters.